The SMILES string of the molecule is Cc1ccc(N)cc1S(=O)(=O)Nc1ccncc1. The Labute approximate surface area is 106 Å². The number of benzene rings is 1. The Balaban J connectivity index is 2.40. The molecule has 0 aliphatic carbocycles. The first kappa shape index (κ1) is 12.4. The van der Waals surface area contributed by atoms with Crippen molar-refractivity contribution in [3.05, 3.63) is 48.3 Å². The van der Waals surface area contributed by atoms with Gasteiger partial charge in [0.25, 0.3) is 10.0 Å². The van der Waals surface area contributed by atoms with Gasteiger partial charge in [-0.15, -0.1) is 0 Å². The van der Waals surface area contributed by atoms with Crippen LogP contribution >= 0.6 is 0 Å². The number of nitrogens with two attached hydrogens (primary N) is 1. The van der Waals surface area contributed by atoms with Gasteiger partial charge in [0.15, 0.2) is 0 Å². The summed E-state index contributed by atoms with van der Waals surface area (Å²) >= 11 is 0. The number of rotatable bonds is 3. The molecule has 3 N–H and O–H groups in total. The molecule has 1 heterocycles. The molecule has 0 spiro atoms. The average Bonchev–Trinajstić information content (AvgIpc) is 2.33. The van der Waals surface area contributed by atoms with Crippen LogP contribution in [0.25, 0.3) is 0 Å². The fourth-order valence-electron chi connectivity index (χ4n) is 1.54. The number of anilines is 2. The van der Waals surface area contributed by atoms with Crippen LogP contribution in [0.15, 0.2) is 47.6 Å². The number of hydrogen-bond acceptors (Lipinski definition) is 4. The van der Waals surface area contributed by atoms with Crippen LogP contribution in [0.2, 0.25) is 0 Å². The van der Waals surface area contributed by atoms with Crippen molar-refractivity contribution in [2.75, 3.05) is 10.5 Å². The van der Waals surface area contributed by atoms with Gasteiger partial charge in [0.05, 0.1) is 10.6 Å². The van der Waals surface area contributed by atoms with Crippen molar-refractivity contribution in [3.8, 4) is 0 Å². The van der Waals surface area contributed by atoms with Gasteiger partial charge in [-0.05, 0) is 36.8 Å². The van der Waals surface area contributed by atoms with Gasteiger partial charge in [0.2, 0.25) is 0 Å². The van der Waals surface area contributed by atoms with Crippen molar-refractivity contribution in [2.45, 2.75) is 11.8 Å². The van der Waals surface area contributed by atoms with Crippen LogP contribution in [0.5, 0.6) is 0 Å². The molecule has 0 aliphatic rings. The number of hydrogen-bond donors (Lipinski definition) is 2. The maximum Gasteiger partial charge on any atom is 0.262 e. The lowest BCUT2D eigenvalue weighted by Gasteiger charge is -2.10. The monoisotopic (exact) mass is 263 g/mol. The van der Waals surface area contributed by atoms with E-state index in [1.807, 2.05) is 0 Å². The highest BCUT2D eigenvalue weighted by molar-refractivity contribution is 7.92. The molecule has 0 fully saturated rings. The second-order valence-corrected chi connectivity index (χ2v) is 5.52. The van der Waals surface area contributed by atoms with E-state index in [0.29, 0.717) is 16.9 Å². The second kappa shape index (κ2) is 4.66. The molecule has 0 saturated heterocycles. The number of nitrogens with zero attached hydrogens (tertiary/aromatic N) is 1. The number of nitrogen functional groups attached to an aromatic ring is 1. The Morgan fingerprint density at radius 3 is 2.50 bits per heavy atom. The molecule has 2 aromatic rings. The zero-order valence-electron chi connectivity index (χ0n) is 9.79. The van der Waals surface area contributed by atoms with Crippen LogP contribution in [0, 0.1) is 6.92 Å². The largest absolute Gasteiger partial charge is 0.399 e. The van der Waals surface area contributed by atoms with Crippen LogP contribution in [-0.4, -0.2) is 13.4 Å². The third-order valence-electron chi connectivity index (χ3n) is 2.43. The van der Waals surface area contributed by atoms with Gasteiger partial charge in [0.1, 0.15) is 0 Å². The highest BCUT2D eigenvalue weighted by atomic mass is 32.2. The minimum absolute atomic E-state index is 0.180. The summed E-state index contributed by atoms with van der Waals surface area (Å²) in [6.07, 6.45) is 3.04. The number of aromatic nitrogens is 1. The summed E-state index contributed by atoms with van der Waals surface area (Å²) in [6.45, 7) is 1.72. The van der Waals surface area contributed by atoms with E-state index in [-0.39, 0.29) is 4.90 Å². The fraction of sp³-hybridized carbons (Fsp3) is 0.0833. The summed E-state index contributed by atoms with van der Waals surface area (Å²) in [4.78, 5) is 4.00. The van der Waals surface area contributed by atoms with Gasteiger partial charge in [-0.1, -0.05) is 6.07 Å². The maximum absolute atomic E-state index is 12.2. The molecule has 0 aliphatic heterocycles. The maximum atomic E-state index is 12.2. The molecular weight excluding hydrogens is 250 g/mol. The first-order chi connectivity index (χ1) is 8.49. The van der Waals surface area contributed by atoms with Crippen LogP contribution in [0.1, 0.15) is 5.56 Å². The Hall–Kier alpha value is -2.08. The van der Waals surface area contributed by atoms with E-state index in [1.165, 1.54) is 18.5 Å². The standard InChI is InChI=1S/C12H13N3O2S/c1-9-2-3-10(13)8-12(9)18(16,17)15-11-4-6-14-7-5-11/h2-8H,13H2,1H3,(H,14,15). The molecular formula is C12H13N3O2S. The van der Waals surface area contributed by atoms with Crippen LogP contribution in [-0.2, 0) is 10.0 Å². The molecule has 1 aromatic carbocycles. The zero-order chi connectivity index (χ0) is 13.2. The lowest BCUT2D eigenvalue weighted by Crippen LogP contribution is -2.14. The lowest BCUT2D eigenvalue weighted by molar-refractivity contribution is 0.600. The number of sulfonamides is 1. The topological polar surface area (TPSA) is 85.1 Å². The van der Waals surface area contributed by atoms with Crippen LogP contribution in [0.4, 0.5) is 11.4 Å². The molecule has 2 rings (SSSR count). The van der Waals surface area contributed by atoms with Crippen molar-refractivity contribution in [1.29, 1.82) is 0 Å². The molecule has 18 heavy (non-hydrogen) atoms. The molecule has 0 amide bonds. The summed E-state index contributed by atoms with van der Waals surface area (Å²) in [5.74, 6) is 0. The predicted octanol–water partition coefficient (Wildman–Crippen LogP) is 1.77. The molecule has 0 bridgehead atoms. The molecule has 0 atom stereocenters. The average molecular weight is 263 g/mol. The summed E-state index contributed by atoms with van der Waals surface area (Å²) in [5.41, 5.74) is 7.14. The molecule has 94 valence electrons. The molecule has 5 nitrogen and oxygen atoms in total. The number of nitrogens with one attached hydrogen (secondary N) is 1. The first-order valence-corrected chi connectivity index (χ1v) is 6.76. The van der Waals surface area contributed by atoms with Gasteiger partial charge in [0, 0.05) is 18.1 Å². The minimum atomic E-state index is -3.62. The molecule has 6 heteroatoms. The van der Waals surface area contributed by atoms with E-state index in [2.05, 4.69) is 9.71 Å². The van der Waals surface area contributed by atoms with Crippen molar-refractivity contribution < 1.29 is 8.42 Å². The first-order valence-electron chi connectivity index (χ1n) is 5.28. The van der Waals surface area contributed by atoms with Crippen molar-refractivity contribution in [1.82, 2.24) is 4.98 Å². The summed E-state index contributed by atoms with van der Waals surface area (Å²) in [7, 11) is -3.62. The second-order valence-electron chi connectivity index (χ2n) is 3.87. The Kier molecular flexibility index (Phi) is 3.20. The van der Waals surface area contributed by atoms with E-state index >= 15 is 0 Å². The van der Waals surface area contributed by atoms with Crippen molar-refractivity contribution in [2.24, 2.45) is 0 Å². The van der Waals surface area contributed by atoms with E-state index in [4.69, 9.17) is 5.73 Å². The smallest absolute Gasteiger partial charge is 0.262 e. The summed E-state index contributed by atoms with van der Waals surface area (Å²) < 4.78 is 26.9. The summed E-state index contributed by atoms with van der Waals surface area (Å²) in [5, 5.41) is 0. The third-order valence-corrected chi connectivity index (χ3v) is 3.96. The van der Waals surface area contributed by atoms with Crippen LogP contribution in [0.3, 0.4) is 0 Å². The molecule has 0 saturated carbocycles. The van der Waals surface area contributed by atoms with Crippen molar-refractivity contribution >= 4 is 21.4 Å². The number of pyridine rings is 1. The molecule has 1 aromatic heterocycles. The predicted molar refractivity (Wildman–Crippen MR) is 70.6 cm³/mol. The molecule has 0 radical (unpaired) electrons. The Morgan fingerprint density at radius 2 is 1.83 bits per heavy atom. The van der Waals surface area contributed by atoms with Gasteiger partial charge in [-0.2, -0.15) is 0 Å². The van der Waals surface area contributed by atoms with Gasteiger partial charge >= 0.3 is 0 Å². The van der Waals surface area contributed by atoms with Gasteiger partial charge in [-0.3, -0.25) is 9.71 Å². The van der Waals surface area contributed by atoms with Gasteiger partial charge in [-0.25, -0.2) is 8.42 Å². The number of aryl methyl sites for hydroxylation is 1. The normalized spacial score (nSPS) is 11.2. The molecule has 0 unspecified atom stereocenters. The van der Waals surface area contributed by atoms with E-state index in [1.54, 1.807) is 31.2 Å². The third kappa shape index (κ3) is 2.60. The van der Waals surface area contributed by atoms with Crippen molar-refractivity contribution in [3.63, 3.8) is 0 Å². The minimum Gasteiger partial charge on any atom is -0.399 e. The fourth-order valence-corrected chi connectivity index (χ4v) is 2.88. The lowest BCUT2D eigenvalue weighted by atomic mass is 10.2. The van der Waals surface area contributed by atoms with E-state index < -0.39 is 10.0 Å². The zero-order valence-corrected chi connectivity index (χ0v) is 10.6. The highest BCUT2D eigenvalue weighted by Crippen LogP contribution is 2.21. The van der Waals surface area contributed by atoms with Gasteiger partial charge < -0.3 is 5.73 Å². The van der Waals surface area contributed by atoms with E-state index in [0.717, 1.165) is 0 Å². The van der Waals surface area contributed by atoms with E-state index in [9.17, 15) is 8.42 Å². The quantitative estimate of drug-likeness (QED) is 0.826. The Morgan fingerprint density at radius 1 is 1.17 bits per heavy atom. The highest BCUT2D eigenvalue weighted by Gasteiger charge is 2.17. The van der Waals surface area contributed by atoms with Crippen LogP contribution < -0.4 is 10.5 Å². The Bertz CT molecular complexity index is 654. The summed E-state index contributed by atoms with van der Waals surface area (Å²) in [6, 6.07) is 7.95.